The van der Waals surface area contributed by atoms with Gasteiger partial charge in [0, 0.05) is 30.9 Å². The molecule has 3 heterocycles. The lowest BCUT2D eigenvalue weighted by Crippen LogP contribution is -2.23. The SMILES string of the molecule is COc1ccc(NC(=O)c2cc3nc(C)cc(=O)n3n2C)cn1. The summed E-state index contributed by atoms with van der Waals surface area (Å²) in [6.45, 7) is 1.73. The van der Waals surface area contributed by atoms with Crippen molar-refractivity contribution in [2.45, 2.75) is 6.92 Å². The van der Waals surface area contributed by atoms with Gasteiger partial charge in [-0.1, -0.05) is 0 Å². The van der Waals surface area contributed by atoms with Gasteiger partial charge in [-0.15, -0.1) is 0 Å². The number of nitrogens with zero attached hydrogens (tertiary/aromatic N) is 4. The Balaban J connectivity index is 1.96. The highest BCUT2D eigenvalue weighted by Crippen LogP contribution is 2.13. The summed E-state index contributed by atoms with van der Waals surface area (Å²) in [5.41, 5.74) is 1.64. The zero-order valence-electron chi connectivity index (χ0n) is 12.9. The Bertz CT molecular complexity index is 940. The van der Waals surface area contributed by atoms with Crippen molar-refractivity contribution in [3.63, 3.8) is 0 Å². The summed E-state index contributed by atoms with van der Waals surface area (Å²) in [6, 6.07) is 6.32. The van der Waals surface area contributed by atoms with E-state index < -0.39 is 0 Å². The Morgan fingerprint density at radius 1 is 1.30 bits per heavy atom. The number of aromatic nitrogens is 4. The molecule has 1 amide bonds. The van der Waals surface area contributed by atoms with Crippen molar-refractivity contribution in [1.82, 2.24) is 19.2 Å². The minimum Gasteiger partial charge on any atom is -0.481 e. The maximum absolute atomic E-state index is 12.4. The van der Waals surface area contributed by atoms with Crippen LogP contribution in [0.5, 0.6) is 5.88 Å². The summed E-state index contributed by atoms with van der Waals surface area (Å²) in [5, 5.41) is 2.72. The van der Waals surface area contributed by atoms with Crippen LogP contribution in [0.25, 0.3) is 5.65 Å². The second-order valence-electron chi connectivity index (χ2n) is 5.00. The van der Waals surface area contributed by atoms with Gasteiger partial charge < -0.3 is 10.1 Å². The van der Waals surface area contributed by atoms with Crippen molar-refractivity contribution in [2.75, 3.05) is 12.4 Å². The van der Waals surface area contributed by atoms with E-state index in [1.54, 1.807) is 32.2 Å². The van der Waals surface area contributed by atoms with E-state index in [1.807, 2.05) is 0 Å². The molecule has 0 spiro atoms. The van der Waals surface area contributed by atoms with E-state index in [0.29, 0.717) is 28.6 Å². The van der Waals surface area contributed by atoms with Gasteiger partial charge in [0.05, 0.1) is 19.0 Å². The average Bonchev–Trinajstić information content (AvgIpc) is 2.85. The van der Waals surface area contributed by atoms with Crippen LogP contribution >= 0.6 is 0 Å². The quantitative estimate of drug-likeness (QED) is 0.779. The van der Waals surface area contributed by atoms with Crippen LogP contribution in [0.1, 0.15) is 16.2 Å². The van der Waals surface area contributed by atoms with Gasteiger partial charge in [0.25, 0.3) is 11.5 Å². The number of methoxy groups -OCH3 is 1. The van der Waals surface area contributed by atoms with Crippen LogP contribution in [-0.4, -0.2) is 32.2 Å². The second-order valence-corrected chi connectivity index (χ2v) is 5.00. The number of aryl methyl sites for hydroxylation is 2. The first-order chi connectivity index (χ1) is 11.0. The molecule has 0 aromatic carbocycles. The zero-order chi connectivity index (χ0) is 16.6. The van der Waals surface area contributed by atoms with E-state index in [9.17, 15) is 9.59 Å². The number of nitrogens with one attached hydrogen (secondary N) is 1. The summed E-state index contributed by atoms with van der Waals surface area (Å²) < 4.78 is 7.78. The van der Waals surface area contributed by atoms with E-state index in [-0.39, 0.29) is 11.5 Å². The maximum atomic E-state index is 12.4. The topological polar surface area (TPSA) is 90.5 Å². The lowest BCUT2D eigenvalue weighted by molar-refractivity contribution is 0.101. The van der Waals surface area contributed by atoms with Crippen LogP contribution in [0, 0.1) is 6.92 Å². The minimum atomic E-state index is -0.359. The molecule has 0 fully saturated rings. The molecular formula is C15H15N5O3. The molecule has 0 radical (unpaired) electrons. The molecule has 0 saturated carbocycles. The van der Waals surface area contributed by atoms with Gasteiger partial charge >= 0.3 is 0 Å². The smallest absolute Gasteiger partial charge is 0.273 e. The Labute approximate surface area is 131 Å². The average molecular weight is 313 g/mol. The van der Waals surface area contributed by atoms with Crippen LogP contribution in [0.3, 0.4) is 0 Å². The Kier molecular flexibility index (Phi) is 3.57. The highest BCUT2D eigenvalue weighted by atomic mass is 16.5. The third-order valence-electron chi connectivity index (χ3n) is 3.40. The predicted octanol–water partition coefficient (Wildman–Crippen LogP) is 0.997. The highest BCUT2D eigenvalue weighted by molar-refractivity contribution is 6.03. The molecule has 0 saturated heterocycles. The fourth-order valence-corrected chi connectivity index (χ4v) is 2.31. The number of carbonyl (C=O) groups excluding carboxylic acids is 1. The Morgan fingerprint density at radius 2 is 2.09 bits per heavy atom. The number of carbonyl (C=O) groups is 1. The van der Waals surface area contributed by atoms with Gasteiger partial charge in [-0.2, -0.15) is 4.52 Å². The standard InChI is InChI=1S/C15H15N5O3/c1-9-6-14(21)20-12(17-9)7-11(19(20)2)15(22)18-10-4-5-13(23-3)16-8-10/h4-8H,1-3H3,(H,18,22). The van der Waals surface area contributed by atoms with E-state index in [0.717, 1.165) is 0 Å². The summed E-state index contributed by atoms with van der Waals surface area (Å²) in [6.07, 6.45) is 1.49. The Morgan fingerprint density at radius 3 is 2.74 bits per heavy atom. The number of fused-ring (bicyclic) bond motifs is 1. The number of hydrogen-bond donors (Lipinski definition) is 1. The van der Waals surface area contributed by atoms with Crippen molar-refractivity contribution in [3.8, 4) is 5.88 Å². The van der Waals surface area contributed by atoms with Crippen molar-refractivity contribution in [3.05, 3.63) is 52.2 Å². The molecule has 8 heteroatoms. The monoisotopic (exact) mass is 313 g/mol. The van der Waals surface area contributed by atoms with Crippen LogP contribution in [-0.2, 0) is 7.05 Å². The molecule has 3 aromatic rings. The van der Waals surface area contributed by atoms with Crippen LogP contribution in [0.2, 0.25) is 0 Å². The highest BCUT2D eigenvalue weighted by Gasteiger charge is 2.15. The number of ether oxygens (including phenoxy) is 1. The third kappa shape index (κ3) is 2.66. The molecule has 0 aliphatic rings. The molecule has 3 aromatic heterocycles. The second kappa shape index (κ2) is 5.56. The molecular weight excluding hydrogens is 298 g/mol. The molecule has 1 N–H and O–H groups in total. The molecule has 3 rings (SSSR count). The lowest BCUT2D eigenvalue weighted by atomic mass is 10.3. The molecule has 0 atom stereocenters. The fraction of sp³-hybridized carbons (Fsp3) is 0.200. The van der Waals surface area contributed by atoms with Crippen LogP contribution in [0.4, 0.5) is 5.69 Å². The largest absolute Gasteiger partial charge is 0.481 e. The van der Waals surface area contributed by atoms with Gasteiger partial charge in [0.1, 0.15) is 5.69 Å². The van der Waals surface area contributed by atoms with Crippen LogP contribution in [0.15, 0.2) is 35.3 Å². The van der Waals surface area contributed by atoms with Crippen molar-refractivity contribution in [1.29, 1.82) is 0 Å². The van der Waals surface area contributed by atoms with Crippen molar-refractivity contribution in [2.24, 2.45) is 7.05 Å². The summed E-state index contributed by atoms with van der Waals surface area (Å²) in [7, 11) is 3.15. The third-order valence-corrected chi connectivity index (χ3v) is 3.40. The summed E-state index contributed by atoms with van der Waals surface area (Å²) in [5.74, 6) is 0.0980. The van der Waals surface area contributed by atoms with Crippen molar-refractivity contribution < 1.29 is 9.53 Å². The number of pyridine rings is 1. The lowest BCUT2D eigenvalue weighted by Gasteiger charge is -2.06. The van der Waals surface area contributed by atoms with Gasteiger partial charge in [0.15, 0.2) is 5.65 Å². The first-order valence-corrected chi connectivity index (χ1v) is 6.87. The summed E-state index contributed by atoms with van der Waals surface area (Å²) >= 11 is 0. The number of rotatable bonds is 3. The molecule has 0 bridgehead atoms. The number of amides is 1. The fourth-order valence-electron chi connectivity index (χ4n) is 2.31. The number of hydrogen-bond acceptors (Lipinski definition) is 5. The van der Waals surface area contributed by atoms with Crippen LogP contribution < -0.4 is 15.6 Å². The normalized spacial score (nSPS) is 10.7. The summed E-state index contributed by atoms with van der Waals surface area (Å²) in [4.78, 5) is 32.7. The number of anilines is 1. The van der Waals surface area contributed by atoms with Gasteiger partial charge in [-0.05, 0) is 13.0 Å². The van der Waals surface area contributed by atoms with E-state index in [1.165, 1.54) is 28.6 Å². The van der Waals surface area contributed by atoms with E-state index in [4.69, 9.17) is 4.74 Å². The zero-order valence-corrected chi connectivity index (χ0v) is 12.9. The minimum absolute atomic E-state index is 0.236. The van der Waals surface area contributed by atoms with Gasteiger partial charge in [-0.3, -0.25) is 14.3 Å². The van der Waals surface area contributed by atoms with E-state index >= 15 is 0 Å². The molecule has 8 nitrogen and oxygen atoms in total. The molecule has 23 heavy (non-hydrogen) atoms. The molecule has 0 aliphatic heterocycles. The van der Waals surface area contributed by atoms with Gasteiger partial charge in [0.2, 0.25) is 5.88 Å². The molecule has 0 aliphatic carbocycles. The Hall–Kier alpha value is -3.16. The van der Waals surface area contributed by atoms with E-state index in [2.05, 4.69) is 15.3 Å². The molecule has 118 valence electrons. The maximum Gasteiger partial charge on any atom is 0.273 e. The first-order valence-electron chi connectivity index (χ1n) is 6.87. The van der Waals surface area contributed by atoms with Gasteiger partial charge in [-0.25, -0.2) is 9.97 Å². The van der Waals surface area contributed by atoms with Crippen molar-refractivity contribution >= 4 is 17.2 Å². The predicted molar refractivity (Wildman–Crippen MR) is 83.9 cm³/mol. The molecule has 0 unspecified atom stereocenters. The first kappa shape index (κ1) is 14.8.